The van der Waals surface area contributed by atoms with Gasteiger partial charge in [0.2, 0.25) is 0 Å². The van der Waals surface area contributed by atoms with Crippen molar-refractivity contribution in [3.05, 3.63) is 100 Å². The number of carbonyl (C=O) groups is 2. The Bertz CT molecular complexity index is 1050. The van der Waals surface area contributed by atoms with Crippen LogP contribution in [0.15, 0.2) is 77.9 Å². The van der Waals surface area contributed by atoms with Crippen molar-refractivity contribution in [2.45, 2.75) is 6.61 Å². The normalized spacial score (nSPS) is 10.6. The predicted octanol–water partition coefficient (Wildman–Crippen LogP) is 4.47. The molecule has 3 aromatic carbocycles. The Kier molecular flexibility index (Phi) is 7.19. The summed E-state index contributed by atoms with van der Waals surface area (Å²) in [5, 5.41) is 4.54. The molecular formula is C23H19ClN2O4. The van der Waals surface area contributed by atoms with Crippen molar-refractivity contribution < 1.29 is 19.1 Å². The molecule has 0 fully saturated rings. The first kappa shape index (κ1) is 21.1. The molecule has 30 heavy (non-hydrogen) atoms. The maximum atomic E-state index is 12.0. The summed E-state index contributed by atoms with van der Waals surface area (Å²) in [5.74, 6) is -0.0524. The molecular weight excluding hydrogens is 404 g/mol. The van der Waals surface area contributed by atoms with Crippen molar-refractivity contribution in [2.24, 2.45) is 5.10 Å². The molecule has 0 aliphatic rings. The van der Waals surface area contributed by atoms with E-state index in [1.807, 2.05) is 30.3 Å². The average molecular weight is 423 g/mol. The van der Waals surface area contributed by atoms with Crippen LogP contribution in [0.2, 0.25) is 5.02 Å². The van der Waals surface area contributed by atoms with Crippen LogP contribution in [0, 0.1) is 0 Å². The third-order valence-corrected chi connectivity index (χ3v) is 4.38. The summed E-state index contributed by atoms with van der Waals surface area (Å²) < 4.78 is 10.5. The maximum absolute atomic E-state index is 12.0. The van der Waals surface area contributed by atoms with E-state index in [1.54, 1.807) is 42.5 Å². The number of hydrogen-bond acceptors (Lipinski definition) is 5. The topological polar surface area (TPSA) is 77.0 Å². The molecule has 0 saturated heterocycles. The van der Waals surface area contributed by atoms with Gasteiger partial charge in [0.15, 0.2) is 0 Å². The lowest BCUT2D eigenvalue weighted by Crippen LogP contribution is -2.17. The first-order chi connectivity index (χ1) is 14.5. The number of carbonyl (C=O) groups excluding carboxylic acids is 2. The highest BCUT2D eigenvalue weighted by Gasteiger charge is 2.05. The Morgan fingerprint density at radius 2 is 1.70 bits per heavy atom. The highest BCUT2D eigenvalue weighted by Crippen LogP contribution is 2.15. The number of nitrogens with one attached hydrogen (secondary N) is 1. The van der Waals surface area contributed by atoms with Gasteiger partial charge in [0, 0.05) is 10.6 Å². The molecule has 152 valence electrons. The fourth-order valence-electron chi connectivity index (χ4n) is 2.54. The average Bonchev–Trinajstić information content (AvgIpc) is 2.78. The predicted molar refractivity (Wildman–Crippen MR) is 115 cm³/mol. The first-order valence-corrected chi connectivity index (χ1v) is 9.42. The lowest BCUT2D eigenvalue weighted by atomic mass is 10.1. The van der Waals surface area contributed by atoms with E-state index in [4.69, 9.17) is 16.3 Å². The van der Waals surface area contributed by atoms with Gasteiger partial charge >= 0.3 is 5.97 Å². The van der Waals surface area contributed by atoms with E-state index in [-0.39, 0.29) is 11.9 Å². The molecule has 1 amide bonds. The number of hydrogen-bond donors (Lipinski definition) is 1. The van der Waals surface area contributed by atoms with Crippen LogP contribution in [0.5, 0.6) is 5.75 Å². The Hall–Kier alpha value is -3.64. The smallest absolute Gasteiger partial charge is 0.337 e. The number of esters is 1. The number of halogens is 1. The van der Waals surface area contributed by atoms with E-state index in [2.05, 4.69) is 15.3 Å². The number of nitrogens with zero attached hydrogens (tertiary/aromatic N) is 1. The van der Waals surface area contributed by atoms with Crippen LogP contribution in [0.1, 0.15) is 31.8 Å². The van der Waals surface area contributed by atoms with Crippen LogP contribution in [-0.4, -0.2) is 25.2 Å². The minimum absolute atomic E-state index is 0.328. The van der Waals surface area contributed by atoms with Crippen LogP contribution in [0.3, 0.4) is 0 Å². The van der Waals surface area contributed by atoms with Crippen molar-refractivity contribution in [3.8, 4) is 5.75 Å². The van der Waals surface area contributed by atoms with Gasteiger partial charge in [-0.1, -0.05) is 35.9 Å². The van der Waals surface area contributed by atoms with Crippen LogP contribution in [-0.2, 0) is 11.3 Å². The van der Waals surface area contributed by atoms with Gasteiger partial charge in [-0.25, -0.2) is 10.2 Å². The monoisotopic (exact) mass is 422 g/mol. The second-order valence-corrected chi connectivity index (χ2v) is 6.69. The summed E-state index contributed by atoms with van der Waals surface area (Å²) >= 11 is 5.81. The van der Waals surface area contributed by atoms with Gasteiger partial charge in [0.1, 0.15) is 12.4 Å². The van der Waals surface area contributed by atoms with E-state index in [0.29, 0.717) is 28.5 Å². The van der Waals surface area contributed by atoms with Crippen molar-refractivity contribution in [1.29, 1.82) is 0 Å². The number of ether oxygens (including phenoxy) is 2. The minimum Gasteiger partial charge on any atom is -0.489 e. The van der Waals surface area contributed by atoms with Gasteiger partial charge in [0.05, 0.1) is 18.9 Å². The Morgan fingerprint density at radius 1 is 1.00 bits per heavy atom. The van der Waals surface area contributed by atoms with Crippen molar-refractivity contribution in [3.63, 3.8) is 0 Å². The third-order valence-electron chi connectivity index (χ3n) is 4.12. The summed E-state index contributed by atoms with van der Waals surface area (Å²) in [6.45, 7) is 0.343. The summed E-state index contributed by atoms with van der Waals surface area (Å²) in [6, 6.07) is 20.8. The zero-order valence-electron chi connectivity index (χ0n) is 16.2. The molecule has 1 N–H and O–H groups in total. The van der Waals surface area contributed by atoms with E-state index in [9.17, 15) is 9.59 Å². The van der Waals surface area contributed by atoms with Crippen LogP contribution in [0.25, 0.3) is 0 Å². The van der Waals surface area contributed by atoms with Gasteiger partial charge in [-0.3, -0.25) is 4.79 Å². The van der Waals surface area contributed by atoms with Gasteiger partial charge in [-0.15, -0.1) is 0 Å². The molecule has 0 aromatic heterocycles. The van der Waals surface area contributed by atoms with Gasteiger partial charge in [-0.05, 0) is 59.7 Å². The van der Waals surface area contributed by atoms with E-state index in [1.165, 1.54) is 13.3 Å². The molecule has 0 bridgehead atoms. The largest absolute Gasteiger partial charge is 0.489 e. The summed E-state index contributed by atoms with van der Waals surface area (Å²) in [4.78, 5) is 23.5. The van der Waals surface area contributed by atoms with E-state index < -0.39 is 0 Å². The minimum atomic E-state index is -0.377. The molecule has 0 spiro atoms. The van der Waals surface area contributed by atoms with Gasteiger partial charge in [0.25, 0.3) is 5.91 Å². The van der Waals surface area contributed by atoms with Crippen LogP contribution < -0.4 is 10.2 Å². The highest BCUT2D eigenvalue weighted by atomic mass is 35.5. The summed E-state index contributed by atoms with van der Waals surface area (Å²) in [7, 11) is 1.35. The standard InChI is InChI=1S/C23H19ClN2O4/c1-29-23(28)19-7-5-16(6-8-19)15-30-21-4-2-3-17(13-21)14-25-26-22(27)18-9-11-20(24)12-10-18/h2-14H,15H2,1H3,(H,26,27). The quantitative estimate of drug-likeness (QED) is 0.346. The molecule has 7 heteroatoms. The molecule has 3 rings (SSSR count). The highest BCUT2D eigenvalue weighted by molar-refractivity contribution is 6.30. The molecule has 0 atom stereocenters. The number of benzene rings is 3. The summed E-state index contributed by atoms with van der Waals surface area (Å²) in [6.07, 6.45) is 1.53. The number of amides is 1. The maximum Gasteiger partial charge on any atom is 0.337 e. The molecule has 0 saturated carbocycles. The molecule has 6 nitrogen and oxygen atoms in total. The number of rotatable bonds is 7. The molecule has 0 aliphatic heterocycles. The lowest BCUT2D eigenvalue weighted by molar-refractivity contribution is 0.0600. The fourth-order valence-corrected chi connectivity index (χ4v) is 2.66. The van der Waals surface area contributed by atoms with Crippen molar-refractivity contribution >= 4 is 29.7 Å². The number of hydrazone groups is 1. The first-order valence-electron chi connectivity index (χ1n) is 9.04. The molecule has 0 heterocycles. The SMILES string of the molecule is COC(=O)c1ccc(COc2cccc(C=NNC(=O)c3ccc(Cl)cc3)c2)cc1. The number of methoxy groups -OCH3 is 1. The van der Waals surface area contributed by atoms with Crippen LogP contribution >= 0.6 is 11.6 Å². The molecule has 0 unspecified atom stereocenters. The second kappa shape index (κ2) is 10.2. The van der Waals surface area contributed by atoms with E-state index in [0.717, 1.165) is 11.1 Å². The second-order valence-electron chi connectivity index (χ2n) is 6.26. The Labute approximate surface area is 179 Å². The zero-order chi connectivity index (χ0) is 21.3. The fraction of sp³-hybridized carbons (Fsp3) is 0.0870. The van der Waals surface area contributed by atoms with Crippen molar-refractivity contribution in [1.82, 2.24) is 5.43 Å². The Balaban J connectivity index is 1.55. The lowest BCUT2D eigenvalue weighted by Gasteiger charge is -2.07. The zero-order valence-corrected chi connectivity index (χ0v) is 16.9. The van der Waals surface area contributed by atoms with Gasteiger partial charge < -0.3 is 9.47 Å². The van der Waals surface area contributed by atoms with E-state index >= 15 is 0 Å². The third kappa shape index (κ3) is 5.93. The molecule has 3 aromatic rings. The van der Waals surface area contributed by atoms with Crippen LogP contribution in [0.4, 0.5) is 0 Å². The Morgan fingerprint density at radius 3 is 2.40 bits per heavy atom. The summed E-state index contributed by atoms with van der Waals surface area (Å²) in [5.41, 5.74) is 5.11. The van der Waals surface area contributed by atoms with Gasteiger partial charge in [-0.2, -0.15) is 5.10 Å². The van der Waals surface area contributed by atoms with Crippen molar-refractivity contribution in [2.75, 3.05) is 7.11 Å². The molecule has 0 aliphatic carbocycles. The molecule has 0 radical (unpaired) electrons.